The first kappa shape index (κ1) is 31.5. The van der Waals surface area contributed by atoms with E-state index in [0.29, 0.717) is 25.7 Å². The Morgan fingerprint density at radius 1 is 0.650 bits per heavy atom. The van der Waals surface area contributed by atoms with Crippen LogP contribution in [0, 0.1) is 20.2 Å². The molecule has 0 radical (unpaired) electrons. The molecule has 0 aliphatic carbocycles. The summed E-state index contributed by atoms with van der Waals surface area (Å²) in [6.45, 7) is 3.69. The number of β-amino-alcohol motifs (C(OH)–C–C–N with tert-alkyl or cyclic N) is 2. The predicted molar refractivity (Wildman–Crippen MR) is 143 cm³/mol. The van der Waals surface area contributed by atoms with Crippen LogP contribution in [0.2, 0.25) is 0 Å². The Hall–Kier alpha value is -3.02. The van der Waals surface area contributed by atoms with Gasteiger partial charge in [-0.2, -0.15) is 8.61 Å². The fraction of sp³-hybridized carbons (Fsp3) is 0.500. The lowest BCUT2D eigenvalue weighted by atomic mass is 10.0. The zero-order valence-electron chi connectivity index (χ0n) is 21.9. The van der Waals surface area contributed by atoms with Crippen LogP contribution in [-0.2, 0) is 20.0 Å². The van der Waals surface area contributed by atoms with Gasteiger partial charge in [0.05, 0.1) is 31.8 Å². The van der Waals surface area contributed by atoms with Crippen molar-refractivity contribution in [1.29, 1.82) is 0 Å². The van der Waals surface area contributed by atoms with Crippen LogP contribution in [0.4, 0.5) is 11.4 Å². The summed E-state index contributed by atoms with van der Waals surface area (Å²) in [5.74, 6) is 0. The number of hydrogen-bond donors (Lipinski definition) is 2. The summed E-state index contributed by atoms with van der Waals surface area (Å²) in [5, 5.41) is 40.4. The number of nitro groups is 2. The number of non-ortho nitro benzene ring substituents is 2. The SMILES string of the molecule is C[C@@H]1CC[C@@H](O)CN1S(=O)(=O)c1ccc([N+](=O)[O-])cc1.C[C@H]1CC[C@H](O)CN1S(=O)(=O)c1ccc([N+](=O)[O-])cc1. The summed E-state index contributed by atoms with van der Waals surface area (Å²) < 4.78 is 52.4. The third kappa shape index (κ3) is 7.18. The third-order valence-electron chi connectivity index (χ3n) is 6.91. The largest absolute Gasteiger partial charge is 0.392 e. The Kier molecular flexibility index (Phi) is 9.97. The van der Waals surface area contributed by atoms with E-state index in [0.717, 1.165) is 24.3 Å². The Balaban J connectivity index is 0.000000220. The summed E-state index contributed by atoms with van der Waals surface area (Å²) in [6, 6.07) is 9.16. The highest BCUT2D eigenvalue weighted by molar-refractivity contribution is 7.89. The average molecular weight is 601 g/mol. The first-order valence-electron chi connectivity index (χ1n) is 12.5. The van der Waals surface area contributed by atoms with E-state index in [-0.39, 0.29) is 46.3 Å². The van der Waals surface area contributed by atoms with Crippen LogP contribution >= 0.6 is 0 Å². The second-order valence-electron chi connectivity index (χ2n) is 9.81. The van der Waals surface area contributed by atoms with Gasteiger partial charge in [0, 0.05) is 49.4 Å². The summed E-state index contributed by atoms with van der Waals surface area (Å²) in [5.41, 5.74) is -0.314. The summed E-state index contributed by atoms with van der Waals surface area (Å²) in [7, 11) is -7.47. The maximum absolute atomic E-state index is 12.5. The maximum Gasteiger partial charge on any atom is 0.269 e. The van der Waals surface area contributed by atoms with Crippen molar-refractivity contribution in [2.75, 3.05) is 13.1 Å². The van der Waals surface area contributed by atoms with Crippen molar-refractivity contribution in [3.63, 3.8) is 0 Å². The number of aliphatic hydroxyl groups excluding tert-OH is 2. The van der Waals surface area contributed by atoms with Crippen LogP contribution in [0.3, 0.4) is 0 Å². The molecule has 2 saturated heterocycles. The van der Waals surface area contributed by atoms with Gasteiger partial charge >= 0.3 is 0 Å². The highest BCUT2D eigenvalue weighted by Crippen LogP contribution is 2.27. The quantitative estimate of drug-likeness (QED) is 0.366. The van der Waals surface area contributed by atoms with Crippen molar-refractivity contribution in [2.45, 2.75) is 73.6 Å². The van der Waals surface area contributed by atoms with Crippen molar-refractivity contribution < 1.29 is 36.9 Å². The van der Waals surface area contributed by atoms with Crippen molar-refractivity contribution >= 4 is 31.4 Å². The van der Waals surface area contributed by atoms with Crippen LogP contribution in [0.5, 0.6) is 0 Å². The standard InChI is InChI=1S/2C12H16N2O5S/c2*1-9-2-5-11(15)8-13(9)20(18,19)12-6-3-10(4-7-12)14(16)17/h2*3-4,6-7,9,11,15H,2,5,8H2,1H3/t2*9-,11-/m10/s1. The second-order valence-corrected chi connectivity index (χ2v) is 13.6. The van der Waals surface area contributed by atoms with E-state index in [2.05, 4.69) is 0 Å². The molecule has 220 valence electrons. The van der Waals surface area contributed by atoms with E-state index in [1.165, 1.54) is 32.9 Å². The van der Waals surface area contributed by atoms with Gasteiger partial charge in [0.15, 0.2) is 0 Å². The fourth-order valence-electron chi connectivity index (χ4n) is 4.53. The molecule has 0 aromatic heterocycles. The molecule has 2 heterocycles. The molecule has 4 rings (SSSR count). The number of nitro benzene ring substituents is 2. The van der Waals surface area contributed by atoms with Crippen molar-refractivity contribution in [2.24, 2.45) is 0 Å². The zero-order chi connectivity index (χ0) is 29.8. The topological polar surface area (TPSA) is 201 Å². The molecule has 4 atom stereocenters. The lowest BCUT2D eigenvalue weighted by Crippen LogP contribution is -2.47. The lowest BCUT2D eigenvalue weighted by molar-refractivity contribution is -0.385. The predicted octanol–water partition coefficient (Wildman–Crippen LogP) is 2.26. The van der Waals surface area contributed by atoms with Gasteiger partial charge in [-0.25, -0.2) is 16.8 Å². The molecular weight excluding hydrogens is 568 g/mol. The first-order chi connectivity index (χ1) is 18.6. The number of nitrogens with zero attached hydrogens (tertiary/aromatic N) is 4. The molecule has 0 saturated carbocycles. The minimum Gasteiger partial charge on any atom is -0.392 e. The molecule has 0 spiro atoms. The number of aliphatic hydroxyl groups is 2. The normalized spacial score (nSPS) is 24.5. The van der Waals surface area contributed by atoms with E-state index in [9.17, 15) is 47.3 Å². The van der Waals surface area contributed by atoms with Crippen LogP contribution in [0.1, 0.15) is 39.5 Å². The summed E-state index contributed by atoms with van der Waals surface area (Å²) in [6.07, 6.45) is 1.000. The molecule has 2 aromatic carbocycles. The molecule has 14 nitrogen and oxygen atoms in total. The van der Waals surface area contributed by atoms with Gasteiger partial charge in [0.25, 0.3) is 11.4 Å². The van der Waals surface area contributed by atoms with E-state index in [4.69, 9.17) is 0 Å². The molecule has 40 heavy (non-hydrogen) atoms. The van der Waals surface area contributed by atoms with Crippen molar-refractivity contribution in [3.8, 4) is 0 Å². The Morgan fingerprint density at radius 3 is 1.23 bits per heavy atom. The van der Waals surface area contributed by atoms with Gasteiger partial charge in [-0.1, -0.05) is 0 Å². The highest BCUT2D eigenvalue weighted by atomic mass is 32.2. The molecular formula is C24H32N4O10S2. The third-order valence-corrected chi connectivity index (χ3v) is 10.9. The molecule has 0 bridgehead atoms. The van der Waals surface area contributed by atoms with Gasteiger partial charge in [-0.05, 0) is 63.8 Å². The second kappa shape index (κ2) is 12.7. The van der Waals surface area contributed by atoms with E-state index in [1.807, 2.05) is 0 Å². The van der Waals surface area contributed by atoms with Crippen LogP contribution in [0.25, 0.3) is 0 Å². The van der Waals surface area contributed by atoms with E-state index < -0.39 is 42.1 Å². The summed E-state index contributed by atoms with van der Waals surface area (Å²) >= 11 is 0. The Morgan fingerprint density at radius 2 is 0.950 bits per heavy atom. The average Bonchev–Trinajstić information content (AvgIpc) is 2.91. The molecule has 2 aliphatic rings. The van der Waals surface area contributed by atoms with Crippen molar-refractivity contribution in [1.82, 2.24) is 8.61 Å². The van der Waals surface area contributed by atoms with Gasteiger partial charge in [-0.3, -0.25) is 20.2 Å². The molecule has 0 amide bonds. The number of benzene rings is 2. The van der Waals surface area contributed by atoms with Gasteiger partial charge in [0.2, 0.25) is 20.0 Å². The summed E-state index contributed by atoms with van der Waals surface area (Å²) in [4.78, 5) is 20.0. The van der Waals surface area contributed by atoms with Crippen LogP contribution < -0.4 is 0 Å². The van der Waals surface area contributed by atoms with E-state index in [1.54, 1.807) is 13.8 Å². The first-order valence-corrected chi connectivity index (χ1v) is 15.4. The van der Waals surface area contributed by atoms with Gasteiger partial charge in [0.1, 0.15) is 0 Å². The number of rotatable bonds is 6. The number of hydrogen-bond acceptors (Lipinski definition) is 10. The zero-order valence-corrected chi connectivity index (χ0v) is 23.6. The van der Waals surface area contributed by atoms with Crippen LogP contribution in [0.15, 0.2) is 58.3 Å². The van der Waals surface area contributed by atoms with Crippen LogP contribution in [-0.4, -0.2) is 82.9 Å². The van der Waals surface area contributed by atoms with Gasteiger partial charge < -0.3 is 10.2 Å². The molecule has 0 unspecified atom stereocenters. The fourth-order valence-corrected chi connectivity index (χ4v) is 7.93. The molecule has 2 aliphatic heterocycles. The molecule has 2 N–H and O–H groups in total. The monoisotopic (exact) mass is 600 g/mol. The lowest BCUT2D eigenvalue weighted by Gasteiger charge is -2.34. The maximum atomic E-state index is 12.5. The molecule has 16 heteroatoms. The van der Waals surface area contributed by atoms with E-state index >= 15 is 0 Å². The smallest absolute Gasteiger partial charge is 0.269 e. The molecule has 2 aromatic rings. The highest BCUT2D eigenvalue weighted by Gasteiger charge is 2.35. The Bertz CT molecular complexity index is 1310. The Labute approximate surface area is 232 Å². The van der Waals surface area contributed by atoms with Crippen molar-refractivity contribution in [3.05, 3.63) is 68.8 Å². The number of sulfonamides is 2. The minimum atomic E-state index is -3.74. The van der Waals surface area contributed by atoms with Gasteiger partial charge in [-0.15, -0.1) is 0 Å². The number of piperidine rings is 2. The minimum absolute atomic E-state index is 0.00375. The molecule has 2 fully saturated rings.